The number of hydrogen-bond donors (Lipinski definition) is 2. The third-order valence-electron chi connectivity index (χ3n) is 4.02. The van der Waals surface area contributed by atoms with Gasteiger partial charge in [-0.05, 0) is 33.0 Å². The van der Waals surface area contributed by atoms with E-state index in [2.05, 4.69) is 23.8 Å². The first kappa shape index (κ1) is 13.2. The second-order valence-electron chi connectivity index (χ2n) is 5.21. The minimum Gasteiger partial charge on any atom is -0.507 e. The van der Waals surface area contributed by atoms with Crippen molar-refractivity contribution in [2.75, 3.05) is 26.7 Å². The van der Waals surface area contributed by atoms with Crippen LogP contribution in [0.5, 0.6) is 11.5 Å². The van der Waals surface area contributed by atoms with Crippen molar-refractivity contribution in [1.29, 1.82) is 0 Å². The Kier molecular flexibility index (Phi) is 3.78. The zero-order chi connectivity index (χ0) is 13.3. The Morgan fingerprint density at radius 3 is 2.39 bits per heavy atom. The van der Waals surface area contributed by atoms with Crippen LogP contribution in [0.4, 0.5) is 0 Å². The van der Waals surface area contributed by atoms with Crippen LogP contribution in [0, 0.1) is 0 Å². The number of phenols is 2. The maximum absolute atomic E-state index is 9.91. The molecule has 1 aliphatic heterocycles. The van der Waals surface area contributed by atoms with E-state index in [1.807, 2.05) is 6.92 Å². The molecule has 1 aromatic rings. The molecule has 2 N–H and O–H groups in total. The van der Waals surface area contributed by atoms with Crippen molar-refractivity contribution in [1.82, 2.24) is 9.80 Å². The quantitative estimate of drug-likeness (QED) is 0.840. The highest BCUT2D eigenvalue weighted by Crippen LogP contribution is 2.36. The molecular formula is C14H22N2O2. The minimum absolute atomic E-state index is 0.0300. The van der Waals surface area contributed by atoms with Crippen LogP contribution in [0.15, 0.2) is 18.2 Å². The Labute approximate surface area is 108 Å². The molecule has 0 spiro atoms. The zero-order valence-corrected chi connectivity index (χ0v) is 11.3. The van der Waals surface area contributed by atoms with E-state index in [1.54, 1.807) is 18.2 Å². The molecule has 4 heteroatoms. The van der Waals surface area contributed by atoms with Gasteiger partial charge in [-0.2, -0.15) is 0 Å². The van der Waals surface area contributed by atoms with Gasteiger partial charge in [-0.15, -0.1) is 0 Å². The average Bonchev–Trinajstić information content (AvgIpc) is 2.32. The molecule has 0 amide bonds. The van der Waals surface area contributed by atoms with Gasteiger partial charge in [0.05, 0.1) is 5.56 Å². The summed E-state index contributed by atoms with van der Waals surface area (Å²) in [4.78, 5) is 4.63. The van der Waals surface area contributed by atoms with Crippen molar-refractivity contribution in [2.24, 2.45) is 0 Å². The third-order valence-corrected chi connectivity index (χ3v) is 4.02. The van der Waals surface area contributed by atoms with Crippen LogP contribution < -0.4 is 0 Å². The Hall–Kier alpha value is -1.26. The molecule has 0 aliphatic carbocycles. The lowest BCUT2D eigenvalue weighted by atomic mass is 10.0. The summed E-state index contributed by atoms with van der Waals surface area (Å²) in [5.41, 5.74) is 0.634. The standard InChI is InChI=1S/C14H22N2O2/c1-10-9-16(8-7-15(10)3)11(2)14-12(17)5-4-6-13(14)18/h4-6,10-11,17-18H,7-9H2,1-3H3. The Bertz CT molecular complexity index is 402. The Balaban J connectivity index is 2.19. The monoisotopic (exact) mass is 250 g/mol. The van der Waals surface area contributed by atoms with E-state index < -0.39 is 0 Å². The first-order valence-electron chi connectivity index (χ1n) is 6.46. The van der Waals surface area contributed by atoms with Crippen LogP contribution in [0.2, 0.25) is 0 Å². The van der Waals surface area contributed by atoms with E-state index in [-0.39, 0.29) is 17.5 Å². The topological polar surface area (TPSA) is 46.9 Å². The summed E-state index contributed by atoms with van der Waals surface area (Å²) in [7, 11) is 2.13. The lowest BCUT2D eigenvalue weighted by Crippen LogP contribution is -2.50. The number of piperazine rings is 1. The molecular weight excluding hydrogens is 228 g/mol. The lowest BCUT2D eigenvalue weighted by molar-refractivity contribution is 0.0758. The van der Waals surface area contributed by atoms with Gasteiger partial charge in [0.1, 0.15) is 11.5 Å². The van der Waals surface area contributed by atoms with Gasteiger partial charge in [-0.1, -0.05) is 6.07 Å². The molecule has 2 rings (SSSR count). The summed E-state index contributed by atoms with van der Waals surface area (Å²) >= 11 is 0. The zero-order valence-electron chi connectivity index (χ0n) is 11.3. The molecule has 2 unspecified atom stereocenters. The molecule has 1 saturated heterocycles. The van der Waals surface area contributed by atoms with Crippen LogP contribution in [0.3, 0.4) is 0 Å². The number of phenolic OH excluding ortho intramolecular Hbond substituents is 2. The number of hydrogen-bond acceptors (Lipinski definition) is 4. The highest BCUT2D eigenvalue weighted by molar-refractivity contribution is 5.45. The molecule has 0 bridgehead atoms. The van der Waals surface area contributed by atoms with Crippen LogP contribution in [-0.2, 0) is 0 Å². The fraction of sp³-hybridized carbons (Fsp3) is 0.571. The highest BCUT2D eigenvalue weighted by Gasteiger charge is 2.27. The summed E-state index contributed by atoms with van der Waals surface area (Å²) in [5.74, 6) is 0.350. The summed E-state index contributed by atoms with van der Waals surface area (Å²) in [6.07, 6.45) is 0. The van der Waals surface area contributed by atoms with Crippen molar-refractivity contribution < 1.29 is 10.2 Å². The van der Waals surface area contributed by atoms with E-state index in [1.165, 1.54) is 0 Å². The van der Waals surface area contributed by atoms with E-state index >= 15 is 0 Å². The van der Waals surface area contributed by atoms with Crippen LogP contribution in [-0.4, -0.2) is 52.7 Å². The van der Waals surface area contributed by atoms with Crippen molar-refractivity contribution in [2.45, 2.75) is 25.9 Å². The molecule has 1 aromatic carbocycles. The predicted molar refractivity (Wildman–Crippen MR) is 71.9 cm³/mol. The third kappa shape index (κ3) is 2.44. The highest BCUT2D eigenvalue weighted by atomic mass is 16.3. The van der Waals surface area contributed by atoms with Gasteiger partial charge in [-0.25, -0.2) is 0 Å². The largest absolute Gasteiger partial charge is 0.507 e. The molecule has 18 heavy (non-hydrogen) atoms. The molecule has 1 aliphatic rings. The fourth-order valence-electron chi connectivity index (χ4n) is 2.58. The summed E-state index contributed by atoms with van der Waals surface area (Å²) in [5, 5.41) is 19.8. The second kappa shape index (κ2) is 5.16. The van der Waals surface area contributed by atoms with Gasteiger partial charge in [0, 0.05) is 31.7 Å². The maximum Gasteiger partial charge on any atom is 0.124 e. The molecule has 1 heterocycles. The van der Waals surface area contributed by atoms with E-state index in [0.717, 1.165) is 19.6 Å². The predicted octanol–water partition coefficient (Wildman–Crippen LogP) is 1.79. The minimum atomic E-state index is 0.0300. The fourth-order valence-corrected chi connectivity index (χ4v) is 2.58. The van der Waals surface area contributed by atoms with Crippen LogP contribution >= 0.6 is 0 Å². The molecule has 0 aromatic heterocycles. The van der Waals surface area contributed by atoms with Gasteiger partial charge in [0.25, 0.3) is 0 Å². The second-order valence-corrected chi connectivity index (χ2v) is 5.21. The van der Waals surface area contributed by atoms with Gasteiger partial charge in [-0.3, -0.25) is 4.90 Å². The van der Waals surface area contributed by atoms with Crippen LogP contribution in [0.1, 0.15) is 25.5 Å². The number of rotatable bonds is 2. The SMILES string of the molecule is CC1CN(C(C)c2c(O)cccc2O)CCN1C. The van der Waals surface area contributed by atoms with Gasteiger partial charge in [0.2, 0.25) is 0 Å². The summed E-state index contributed by atoms with van der Waals surface area (Å²) < 4.78 is 0. The lowest BCUT2D eigenvalue weighted by Gasteiger charge is -2.41. The van der Waals surface area contributed by atoms with Crippen molar-refractivity contribution >= 4 is 0 Å². The molecule has 0 radical (unpaired) electrons. The smallest absolute Gasteiger partial charge is 0.124 e. The molecule has 100 valence electrons. The maximum atomic E-state index is 9.91. The van der Waals surface area contributed by atoms with Crippen molar-refractivity contribution in [3.63, 3.8) is 0 Å². The first-order chi connectivity index (χ1) is 8.50. The van der Waals surface area contributed by atoms with E-state index in [0.29, 0.717) is 11.6 Å². The molecule has 2 atom stereocenters. The first-order valence-corrected chi connectivity index (χ1v) is 6.46. The molecule has 0 saturated carbocycles. The van der Waals surface area contributed by atoms with Crippen molar-refractivity contribution in [3.8, 4) is 11.5 Å². The summed E-state index contributed by atoms with van der Waals surface area (Å²) in [6, 6.07) is 5.44. The van der Waals surface area contributed by atoms with E-state index in [9.17, 15) is 10.2 Å². The number of likely N-dealkylation sites (N-methyl/N-ethyl adjacent to an activating group) is 1. The molecule has 1 fully saturated rings. The average molecular weight is 250 g/mol. The van der Waals surface area contributed by atoms with Gasteiger partial charge >= 0.3 is 0 Å². The number of nitrogens with zero attached hydrogens (tertiary/aromatic N) is 2. The van der Waals surface area contributed by atoms with Crippen LogP contribution in [0.25, 0.3) is 0 Å². The normalized spacial score (nSPS) is 24.1. The van der Waals surface area contributed by atoms with Crippen molar-refractivity contribution in [3.05, 3.63) is 23.8 Å². The molecule has 4 nitrogen and oxygen atoms in total. The Morgan fingerprint density at radius 1 is 1.22 bits per heavy atom. The van der Waals surface area contributed by atoms with Gasteiger partial charge < -0.3 is 15.1 Å². The summed E-state index contributed by atoms with van der Waals surface area (Å²) in [6.45, 7) is 7.15. The Morgan fingerprint density at radius 2 is 1.83 bits per heavy atom. The number of aromatic hydroxyl groups is 2. The van der Waals surface area contributed by atoms with Gasteiger partial charge in [0.15, 0.2) is 0 Å². The van der Waals surface area contributed by atoms with E-state index in [4.69, 9.17) is 0 Å². The number of benzene rings is 1.